The molecule has 0 aliphatic heterocycles. The third kappa shape index (κ3) is 4.41. The van der Waals surface area contributed by atoms with Crippen molar-refractivity contribution in [3.8, 4) is 5.88 Å². The fraction of sp³-hybridized carbons (Fsp3) is 0.708. The van der Waals surface area contributed by atoms with Crippen LogP contribution in [0.25, 0.3) is 6.20 Å². The Morgan fingerprint density at radius 2 is 2.00 bits per heavy atom. The first-order valence-electron chi connectivity index (χ1n) is 11.7. The number of nitrogens with zero attached hydrogens (tertiary/aromatic N) is 2. The van der Waals surface area contributed by atoms with Crippen molar-refractivity contribution in [3.63, 3.8) is 0 Å². The Hall–Kier alpha value is -2.38. The number of carbonyl (C=O) groups excluding carboxylic acids is 2. The maximum absolute atomic E-state index is 15.0. The van der Waals surface area contributed by atoms with Gasteiger partial charge < -0.3 is 15.8 Å². The number of rotatable bonds is 8. The molecule has 0 spiro atoms. The van der Waals surface area contributed by atoms with Crippen LogP contribution in [0.1, 0.15) is 70.2 Å². The summed E-state index contributed by atoms with van der Waals surface area (Å²) in [4.78, 5) is 24.9. The van der Waals surface area contributed by atoms with Crippen LogP contribution in [0.3, 0.4) is 0 Å². The van der Waals surface area contributed by atoms with E-state index in [1.807, 2.05) is 13.8 Å². The smallest absolute Gasteiger partial charge is 0.258 e. The van der Waals surface area contributed by atoms with Crippen molar-refractivity contribution in [2.45, 2.75) is 71.5 Å². The molecule has 4 bridgehead atoms. The summed E-state index contributed by atoms with van der Waals surface area (Å²) in [6.07, 6.45) is 8.51. The fourth-order valence-corrected chi connectivity index (χ4v) is 5.73. The van der Waals surface area contributed by atoms with E-state index in [1.165, 1.54) is 10.9 Å². The molecular weight excluding hydrogens is 411 g/mol. The lowest BCUT2D eigenvalue weighted by atomic mass is 9.53. The molecule has 4 fully saturated rings. The van der Waals surface area contributed by atoms with Crippen LogP contribution in [-0.4, -0.2) is 39.9 Å². The first kappa shape index (κ1) is 22.8. The molecule has 4 aliphatic carbocycles. The molecule has 0 radical (unpaired) electrons. The van der Waals surface area contributed by atoms with Gasteiger partial charge in [-0.2, -0.15) is 5.10 Å². The summed E-state index contributed by atoms with van der Waals surface area (Å²) in [5.74, 6) is 0.725. The number of alkyl halides is 1. The Morgan fingerprint density at radius 3 is 2.56 bits per heavy atom. The minimum Gasteiger partial charge on any atom is -0.477 e. The van der Waals surface area contributed by atoms with Crippen molar-refractivity contribution >= 4 is 18.0 Å². The Kier molecular flexibility index (Phi) is 5.84. The van der Waals surface area contributed by atoms with Gasteiger partial charge >= 0.3 is 0 Å². The molecule has 176 valence electrons. The standard InChI is InChI=1S/C24H35FN4O3/c1-14(2)13-32-21-18(12-27-29(21)6-5-23(3,4)22(26)31)20(30)28-19-16-7-15-8-17(19)11-24(25,9-15)10-16/h5-6,12,14-17,19H,7-11,13H2,1-4H3,(H2,26,31)(H,28,30)/b6-5+/t15?,16?,17?,19-,24-. The first-order chi connectivity index (χ1) is 15.0. The highest BCUT2D eigenvalue weighted by molar-refractivity contribution is 5.96. The monoisotopic (exact) mass is 446 g/mol. The summed E-state index contributed by atoms with van der Waals surface area (Å²) < 4.78 is 22.4. The second-order valence-electron chi connectivity index (χ2n) is 11.0. The average molecular weight is 447 g/mol. The van der Waals surface area contributed by atoms with E-state index in [1.54, 1.807) is 26.1 Å². The van der Waals surface area contributed by atoms with Crippen LogP contribution in [0, 0.1) is 29.1 Å². The second-order valence-corrected chi connectivity index (χ2v) is 11.0. The summed E-state index contributed by atoms with van der Waals surface area (Å²) in [7, 11) is 0. The Bertz CT molecular complexity index is 906. The van der Waals surface area contributed by atoms with Gasteiger partial charge in [-0.15, -0.1) is 0 Å². The quantitative estimate of drug-likeness (QED) is 0.638. The highest BCUT2D eigenvalue weighted by Gasteiger charge is 2.56. The van der Waals surface area contributed by atoms with E-state index in [0.717, 1.165) is 12.8 Å². The molecule has 2 amide bonds. The van der Waals surface area contributed by atoms with Gasteiger partial charge in [0.25, 0.3) is 5.91 Å². The topological polar surface area (TPSA) is 99.2 Å². The number of nitrogens with two attached hydrogens (primary N) is 1. The molecule has 2 atom stereocenters. The normalized spacial score (nSPS) is 31.4. The zero-order chi connectivity index (χ0) is 23.3. The molecule has 1 heterocycles. The van der Waals surface area contributed by atoms with E-state index in [4.69, 9.17) is 10.5 Å². The number of carbonyl (C=O) groups is 2. The third-order valence-electron chi connectivity index (χ3n) is 7.31. The third-order valence-corrected chi connectivity index (χ3v) is 7.31. The van der Waals surface area contributed by atoms with Crippen molar-refractivity contribution in [2.24, 2.45) is 34.8 Å². The van der Waals surface area contributed by atoms with E-state index in [2.05, 4.69) is 10.4 Å². The molecule has 2 unspecified atom stereocenters. The van der Waals surface area contributed by atoms with E-state index < -0.39 is 17.0 Å². The van der Waals surface area contributed by atoms with Gasteiger partial charge in [0.2, 0.25) is 11.8 Å². The Labute approximate surface area is 188 Å². The molecule has 1 aromatic rings. The Balaban J connectivity index is 1.54. The molecule has 5 rings (SSSR count). The van der Waals surface area contributed by atoms with Crippen LogP contribution in [0.4, 0.5) is 4.39 Å². The van der Waals surface area contributed by atoms with Gasteiger partial charge in [-0.25, -0.2) is 9.07 Å². The first-order valence-corrected chi connectivity index (χ1v) is 11.7. The van der Waals surface area contributed by atoms with Crippen LogP contribution >= 0.6 is 0 Å². The number of primary amides is 1. The lowest BCUT2D eigenvalue weighted by Crippen LogP contribution is -2.60. The molecule has 1 aromatic heterocycles. The van der Waals surface area contributed by atoms with E-state index in [9.17, 15) is 9.59 Å². The Morgan fingerprint density at radius 1 is 1.34 bits per heavy atom. The van der Waals surface area contributed by atoms with Crippen molar-refractivity contribution in [1.82, 2.24) is 15.1 Å². The molecule has 4 saturated carbocycles. The predicted octanol–water partition coefficient (Wildman–Crippen LogP) is 3.55. The average Bonchev–Trinajstić information content (AvgIpc) is 3.09. The van der Waals surface area contributed by atoms with Crippen molar-refractivity contribution in [2.75, 3.05) is 6.61 Å². The van der Waals surface area contributed by atoms with Crippen LogP contribution in [0.5, 0.6) is 5.88 Å². The number of aromatic nitrogens is 2. The summed E-state index contributed by atoms with van der Waals surface area (Å²) in [6, 6.07) is -0.00596. The maximum atomic E-state index is 15.0. The summed E-state index contributed by atoms with van der Waals surface area (Å²) in [5, 5.41) is 7.50. The molecule has 0 aromatic carbocycles. The lowest BCUT2D eigenvalue weighted by molar-refractivity contribution is -0.123. The van der Waals surface area contributed by atoms with Gasteiger partial charge in [-0.1, -0.05) is 19.9 Å². The van der Waals surface area contributed by atoms with Gasteiger partial charge in [0.15, 0.2) is 0 Å². The van der Waals surface area contributed by atoms with Crippen LogP contribution in [0.15, 0.2) is 12.3 Å². The molecule has 3 N–H and O–H groups in total. The molecular formula is C24H35FN4O3. The number of hydrogen-bond acceptors (Lipinski definition) is 4. The summed E-state index contributed by atoms with van der Waals surface area (Å²) >= 11 is 0. The fourth-order valence-electron chi connectivity index (χ4n) is 5.73. The minimum absolute atomic E-state index is 0.00596. The second kappa shape index (κ2) is 8.19. The number of nitrogens with one attached hydrogen (secondary N) is 1. The molecule has 32 heavy (non-hydrogen) atoms. The molecule has 4 aliphatic rings. The van der Waals surface area contributed by atoms with Gasteiger partial charge in [-0.3, -0.25) is 9.59 Å². The van der Waals surface area contributed by atoms with Gasteiger partial charge in [0.1, 0.15) is 11.2 Å². The number of amides is 2. The molecule has 7 nitrogen and oxygen atoms in total. The molecule has 8 heteroatoms. The highest BCUT2D eigenvalue weighted by Crippen LogP contribution is 2.57. The lowest BCUT2D eigenvalue weighted by Gasteiger charge is -2.56. The van der Waals surface area contributed by atoms with Gasteiger partial charge in [0.05, 0.1) is 18.2 Å². The largest absolute Gasteiger partial charge is 0.477 e. The van der Waals surface area contributed by atoms with E-state index >= 15 is 4.39 Å². The zero-order valence-electron chi connectivity index (χ0n) is 19.4. The number of halogens is 1. The van der Waals surface area contributed by atoms with Gasteiger partial charge in [-0.05, 0) is 69.6 Å². The summed E-state index contributed by atoms with van der Waals surface area (Å²) in [5.41, 5.74) is 3.89. The predicted molar refractivity (Wildman–Crippen MR) is 120 cm³/mol. The van der Waals surface area contributed by atoms with Crippen LogP contribution in [-0.2, 0) is 4.79 Å². The van der Waals surface area contributed by atoms with E-state index in [0.29, 0.717) is 43.2 Å². The molecule has 0 saturated heterocycles. The summed E-state index contributed by atoms with van der Waals surface area (Å²) in [6.45, 7) is 7.88. The highest BCUT2D eigenvalue weighted by atomic mass is 19.1. The van der Waals surface area contributed by atoms with Crippen molar-refractivity contribution in [3.05, 3.63) is 17.8 Å². The maximum Gasteiger partial charge on any atom is 0.258 e. The zero-order valence-corrected chi connectivity index (χ0v) is 19.4. The van der Waals surface area contributed by atoms with Crippen LogP contribution < -0.4 is 15.8 Å². The van der Waals surface area contributed by atoms with Crippen molar-refractivity contribution < 1.29 is 18.7 Å². The van der Waals surface area contributed by atoms with Gasteiger partial charge in [0, 0.05) is 12.2 Å². The SMILES string of the molecule is CC(C)COc1c(C(=O)N[C@H]2C3CC4CC2C[C@](F)(C4)C3)cnn1/C=C/C(C)(C)C(N)=O. The van der Waals surface area contributed by atoms with Crippen LogP contribution in [0.2, 0.25) is 0 Å². The van der Waals surface area contributed by atoms with Crippen molar-refractivity contribution in [1.29, 1.82) is 0 Å². The number of ether oxygens (including phenoxy) is 1. The minimum atomic E-state index is -1.04. The van der Waals surface area contributed by atoms with E-state index in [-0.39, 0.29) is 29.7 Å². The number of hydrogen-bond donors (Lipinski definition) is 2.